The summed E-state index contributed by atoms with van der Waals surface area (Å²) in [7, 11) is 0. The molecule has 3 aromatic carbocycles. The molecule has 37 heavy (non-hydrogen) atoms. The number of carboxylic acid groups (broad SMARTS) is 2. The molecule has 8 nitrogen and oxygen atoms in total. The lowest BCUT2D eigenvalue weighted by Gasteiger charge is -2.41. The molecular weight excluding hydrogens is 472 g/mol. The number of carboxylic acids is 2. The maximum Gasteiger partial charge on any atom is 0.363 e. The molecule has 5 N–H and O–H groups in total. The van der Waals surface area contributed by atoms with Gasteiger partial charge in [0.2, 0.25) is 0 Å². The number of quaternary nitrogens is 1. The van der Waals surface area contributed by atoms with Crippen molar-refractivity contribution in [2.45, 2.75) is 37.8 Å². The van der Waals surface area contributed by atoms with Gasteiger partial charge in [0.1, 0.15) is 18.2 Å². The summed E-state index contributed by atoms with van der Waals surface area (Å²) >= 11 is 0. The first kappa shape index (κ1) is 27.6. The molecule has 0 saturated carbocycles. The zero-order valence-electron chi connectivity index (χ0n) is 20.6. The number of nitrogens with zero attached hydrogens (tertiary/aromatic N) is 1. The molecule has 3 rings (SSSR count). The molecule has 8 heteroatoms. The summed E-state index contributed by atoms with van der Waals surface area (Å²) < 4.78 is -0.825. The molecule has 1 amide bonds. The number of phenolic OH excluding ortho intramolecular Hbond substituents is 1. The normalized spacial score (nSPS) is 13.6. The Labute approximate surface area is 216 Å². The van der Waals surface area contributed by atoms with E-state index in [4.69, 9.17) is 5.73 Å². The average Bonchev–Trinajstić information content (AvgIpc) is 2.88. The van der Waals surface area contributed by atoms with Gasteiger partial charge in [-0.05, 0) is 54.8 Å². The lowest BCUT2D eigenvalue weighted by molar-refractivity contribution is -0.878. The SMILES string of the molecule is NCCCC[C@@H](C(=O)O)[N+](CC(=O)O)(Cc1ccc(O)cc1)C(=O)C(c1ccccc1)c1ccccc1. The van der Waals surface area contributed by atoms with Crippen molar-refractivity contribution in [1.82, 2.24) is 0 Å². The van der Waals surface area contributed by atoms with Gasteiger partial charge in [-0.15, -0.1) is 0 Å². The standard InChI is InChI=1S/C29H32N2O6/c30-18-8-7-13-25(29(36)37)31(20-26(33)34,19-21-14-16-24(32)17-15-21)28(35)27(22-9-3-1-4-10-22)23-11-5-2-6-12-23/h1-6,9-12,14-17,25,27H,7-8,13,18-20,30H2,(H2-,32,33,34,36,37)/p+1/t25-,31?/m0/s1. The molecule has 0 aliphatic carbocycles. The number of rotatable bonds is 13. The molecule has 1 unspecified atom stereocenters. The molecule has 0 aromatic heterocycles. The zero-order chi connectivity index (χ0) is 26.8. The summed E-state index contributed by atoms with van der Waals surface area (Å²) in [6, 6.07) is 22.7. The molecule has 0 spiro atoms. The van der Waals surface area contributed by atoms with Crippen LogP contribution >= 0.6 is 0 Å². The molecule has 0 fully saturated rings. The largest absolute Gasteiger partial charge is 0.508 e. The maximum absolute atomic E-state index is 14.7. The van der Waals surface area contributed by atoms with Crippen molar-refractivity contribution in [1.29, 1.82) is 0 Å². The van der Waals surface area contributed by atoms with E-state index in [1.54, 1.807) is 60.7 Å². The highest BCUT2D eigenvalue weighted by Crippen LogP contribution is 2.35. The van der Waals surface area contributed by atoms with Crippen molar-refractivity contribution in [3.05, 3.63) is 102 Å². The first-order valence-electron chi connectivity index (χ1n) is 12.2. The predicted octanol–water partition coefficient (Wildman–Crippen LogP) is 3.73. The number of aromatic hydroxyl groups is 1. The summed E-state index contributed by atoms with van der Waals surface area (Å²) in [5.41, 5.74) is 7.46. The molecule has 0 radical (unpaired) electrons. The third-order valence-electron chi connectivity index (χ3n) is 6.58. The Hall–Kier alpha value is -4.01. The van der Waals surface area contributed by atoms with E-state index in [-0.39, 0.29) is 18.7 Å². The number of phenols is 1. The van der Waals surface area contributed by atoms with Crippen LogP contribution in [0.1, 0.15) is 41.9 Å². The summed E-state index contributed by atoms with van der Waals surface area (Å²) in [6.45, 7) is -0.523. The van der Waals surface area contributed by atoms with Crippen molar-refractivity contribution >= 4 is 17.8 Å². The summed E-state index contributed by atoms with van der Waals surface area (Å²) in [6.07, 6.45) is 1.06. The van der Waals surface area contributed by atoms with E-state index < -0.39 is 40.8 Å². The second-order valence-corrected chi connectivity index (χ2v) is 9.14. The van der Waals surface area contributed by atoms with Crippen LogP contribution in [-0.4, -0.2) is 56.8 Å². The van der Waals surface area contributed by atoms with Crippen molar-refractivity contribution < 1.29 is 34.2 Å². The molecule has 0 heterocycles. The number of unbranched alkanes of at least 4 members (excludes halogenated alkanes) is 1. The van der Waals surface area contributed by atoms with Crippen molar-refractivity contribution in [3.63, 3.8) is 0 Å². The highest BCUT2D eigenvalue weighted by molar-refractivity contribution is 5.86. The molecule has 0 saturated heterocycles. The van der Waals surface area contributed by atoms with E-state index in [0.29, 0.717) is 36.1 Å². The molecule has 0 aliphatic heterocycles. The van der Waals surface area contributed by atoms with Gasteiger partial charge in [-0.2, -0.15) is 0 Å². The number of hydrogen-bond donors (Lipinski definition) is 4. The van der Waals surface area contributed by atoms with E-state index in [9.17, 15) is 29.7 Å². The molecule has 3 aromatic rings. The van der Waals surface area contributed by atoms with Crippen LogP contribution in [-0.2, 0) is 20.9 Å². The van der Waals surface area contributed by atoms with Gasteiger partial charge < -0.3 is 21.1 Å². The van der Waals surface area contributed by atoms with E-state index in [0.717, 1.165) is 0 Å². The van der Waals surface area contributed by atoms with Crippen LogP contribution in [0.5, 0.6) is 5.75 Å². The van der Waals surface area contributed by atoms with Crippen LogP contribution in [0.15, 0.2) is 84.9 Å². The van der Waals surface area contributed by atoms with Gasteiger partial charge in [0.25, 0.3) is 0 Å². The van der Waals surface area contributed by atoms with E-state index in [1.165, 1.54) is 12.1 Å². The minimum absolute atomic E-state index is 0.00980. The van der Waals surface area contributed by atoms with Gasteiger partial charge in [0.15, 0.2) is 12.6 Å². The monoisotopic (exact) mass is 505 g/mol. The highest BCUT2D eigenvalue weighted by Gasteiger charge is 2.52. The van der Waals surface area contributed by atoms with E-state index in [1.807, 2.05) is 12.1 Å². The van der Waals surface area contributed by atoms with Crippen molar-refractivity contribution in [2.24, 2.45) is 5.73 Å². The number of hydrogen-bond acceptors (Lipinski definition) is 5. The van der Waals surface area contributed by atoms with Crippen LogP contribution in [0.25, 0.3) is 0 Å². The van der Waals surface area contributed by atoms with Crippen LogP contribution < -0.4 is 5.73 Å². The molecule has 0 bridgehead atoms. The topological polar surface area (TPSA) is 138 Å². The Balaban J connectivity index is 2.26. The minimum atomic E-state index is -1.32. The Morgan fingerprint density at radius 2 is 1.32 bits per heavy atom. The van der Waals surface area contributed by atoms with Crippen LogP contribution in [0.4, 0.5) is 0 Å². The summed E-state index contributed by atoms with van der Waals surface area (Å²) in [5.74, 6) is -3.93. The van der Waals surface area contributed by atoms with Crippen molar-refractivity contribution in [2.75, 3.05) is 13.1 Å². The molecule has 0 aliphatic rings. The zero-order valence-corrected chi connectivity index (χ0v) is 20.6. The number of nitrogens with two attached hydrogens (primary N) is 1. The number of aliphatic carboxylic acids is 2. The van der Waals surface area contributed by atoms with Gasteiger partial charge in [0, 0.05) is 12.0 Å². The Kier molecular flexibility index (Phi) is 9.54. The fourth-order valence-electron chi connectivity index (χ4n) is 4.84. The third kappa shape index (κ3) is 6.81. The Bertz CT molecular complexity index is 1140. The van der Waals surface area contributed by atoms with Crippen LogP contribution in [0.3, 0.4) is 0 Å². The minimum Gasteiger partial charge on any atom is -0.508 e. The van der Waals surface area contributed by atoms with Gasteiger partial charge in [-0.25, -0.2) is 18.9 Å². The van der Waals surface area contributed by atoms with E-state index in [2.05, 4.69) is 0 Å². The van der Waals surface area contributed by atoms with Crippen LogP contribution in [0, 0.1) is 0 Å². The van der Waals surface area contributed by atoms with E-state index >= 15 is 0 Å². The van der Waals surface area contributed by atoms with Crippen LogP contribution in [0.2, 0.25) is 0 Å². The first-order valence-corrected chi connectivity index (χ1v) is 12.2. The quantitative estimate of drug-likeness (QED) is 0.205. The van der Waals surface area contributed by atoms with Gasteiger partial charge in [0.05, 0.1) is 0 Å². The number of benzene rings is 3. The van der Waals surface area contributed by atoms with Gasteiger partial charge >= 0.3 is 17.8 Å². The summed E-state index contributed by atoms with van der Waals surface area (Å²) in [4.78, 5) is 39.8. The molecular formula is C29H33N2O6+. The second kappa shape index (κ2) is 12.8. The molecule has 194 valence electrons. The Morgan fingerprint density at radius 3 is 1.78 bits per heavy atom. The Morgan fingerprint density at radius 1 is 0.784 bits per heavy atom. The number of amides is 1. The first-order chi connectivity index (χ1) is 17.8. The number of carbonyl (C=O) groups excluding carboxylic acids is 1. The van der Waals surface area contributed by atoms with Gasteiger partial charge in [-0.3, -0.25) is 0 Å². The average molecular weight is 506 g/mol. The lowest BCUT2D eigenvalue weighted by atomic mass is 9.87. The number of carbonyl (C=O) groups is 3. The fourth-order valence-corrected chi connectivity index (χ4v) is 4.84. The fraction of sp³-hybridized carbons (Fsp3) is 0.276. The predicted molar refractivity (Wildman–Crippen MR) is 139 cm³/mol. The van der Waals surface area contributed by atoms with Crippen molar-refractivity contribution in [3.8, 4) is 5.75 Å². The summed E-state index contributed by atoms with van der Waals surface area (Å²) in [5, 5.41) is 30.2. The maximum atomic E-state index is 14.7. The second-order valence-electron chi connectivity index (χ2n) is 9.14. The lowest BCUT2D eigenvalue weighted by Crippen LogP contribution is -2.64. The highest BCUT2D eigenvalue weighted by atomic mass is 16.4. The van der Waals surface area contributed by atoms with Gasteiger partial charge in [-0.1, -0.05) is 60.7 Å². The third-order valence-corrected chi connectivity index (χ3v) is 6.58. The smallest absolute Gasteiger partial charge is 0.363 e. The molecule has 2 atom stereocenters.